The van der Waals surface area contributed by atoms with Gasteiger partial charge in [0.2, 0.25) is 5.65 Å². The van der Waals surface area contributed by atoms with Crippen molar-refractivity contribution in [2.75, 3.05) is 38.1 Å². The number of hydrogen-bond acceptors (Lipinski definition) is 5. The van der Waals surface area contributed by atoms with Crippen LogP contribution in [0.1, 0.15) is 37.9 Å². The van der Waals surface area contributed by atoms with Gasteiger partial charge in [-0.05, 0) is 57.2 Å². The van der Waals surface area contributed by atoms with Gasteiger partial charge in [0.15, 0.2) is 0 Å². The highest BCUT2D eigenvalue weighted by atomic mass is 15.4. The molecule has 2 aromatic heterocycles. The summed E-state index contributed by atoms with van der Waals surface area (Å²) in [6.45, 7) is 13.5. The van der Waals surface area contributed by atoms with E-state index >= 15 is 0 Å². The van der Waals surface area contributed by atoms with Gasteiger partial charge in [-0.2, -0.15) is 9.61 Å². The van der Waals surface area contributed by atoms with Gasteiger partial charge in [-0.25, -0.2) is 0 Å². The Morgan fingerprint density at radius 1 is 1.25 bits per heavy atom. The normalized spacial score (nSPS) is 17.1. The summed E-state index contributed by atoms with van der Waals surface area (Å²) in [5, 5.41) is 12.8. The highest BCUT2D eigenvalue weighted by molar-refractivity contribution is 5.72. The van der Waals surface area contributed by atoms with Gasteiger partial charge in [0.05, 0.1) is 11.4 Å². The molecule has 6 nitrogen and oxygen atoms in total. The second-order valence-electron chi connectivity index (χ2n) is 7.68. The minimum Gasteiger partial charge on any atom is -0.371 e. The maximum atomic E-state index is 4.52. The Bertz CT molecular complexity index is 684. The molecule has 1 saturated heterocycles. The molecule has 1 aliphatic rings. The van der Waals surface area contributed by atoms with Crippen LogP contribution in [0.5, 0.6) is 0 Å². The molecule has 0 unspecified atom stereocenters. The highest BCUT2D eigenvalue weighted by Gasteiger charge is 2.23. The van der Waals surface area contributed by atoms with Crippen molar-refractivity contribution in [1.29, 1.82) is 0 Å². The summed E-state index contributed by atoms with van der Waals surface area (Å²) in [4.78, 5) is 4.97. The first-order valence-corrected chi connectivity index (χ1v) is 9.06. The van der Waals surface area contributed by atoms with Crippen LogP contribution in [0.4, 0.5) is 5.69 Å². The third-order valence-electron chi connectivity index (χ3n) is 5.14. The van der Waals surface area contributed by atoms with Crippen LogP contribution >= 0.6 is 0 Å². The number of fused-ring (bicyclic) bond motifs is 1. The van der Waals surface area contributed by atoms with Crippen LogP contribution in [0.15, 0.2) is 6.33 Å². The molecule has 0 aliphatic carbocycles. The number of aromatic nitrogens is 4. The van der Waals surface area contributed by atoms with E-state index in [-0.39, 0.29) is 0 Å². The topological polar surface area (TPSA) is 49.6 Å². The maximum absolute atomic E-state index is 4.52. The van der Waals surface area contributed by atoms with Crippen molar-refractivity contribution >= 4 is 11.3 Å². The van der Waals surface area contributed by atoms with Crippen LogP contribution in [-0.2, 0) is 0 Å². The van der Waals surface area contributed by atoms with Gasteiger partial charge in [0.25, 0.3) is 0 Å². The smallest absolute Gasteiger partial charge is 0.201 e. The quantitative estimate of drug-likeness (QED) is 0.843. The summed E-state index contributed by atoms with van der Waals surface area (Å²) in [5.41, 5.74) is 4.27. The van der Waals surface area contributed by atoms with Crippen molar-refractivity contribution in [2.45, 2.75) is 40.5 Å². The van der Waals surface area contributed by atoms with Crippen LogP contribution < -0.4 is 4.90 Å². The summed E-state index contributed by atoms with van der Waals surface area (Å²) in [6.07, 6.45) is 4.25. The Kier molecular flexibility index (Phi) is 5.04. The van der Waals surface area contributed by atoms with Crippen molar-refractivity contribution in [2.24, 2.45) is 11.8 Å². The fourth-order valence-electron chi connectivity index (χ4n) is 3.84. The number of nitrogens with zero attached hydrogens (tertiary/aromatic N) is 6. The zero-order valence-corrected chi connectivity index (χ0v) is 15.7. The van der Waals surface area contributed by atoms with Crippen molar-refractivity contribution < 1.29 is 0 Å². The molecule has 0 bridgehead atoms. The molecule has 0 spiro atoms. The van der Waals surface area contributed by atoms with Crippen LogP contribution in [0, 0.1) is 25.7 Å². The van der Waals surface area contributed by atoms with Gasteiger partial charge in [0.1, 0.15) is 6.33 Å². The van der Waals surface area contributed by atoms with Crippen molar-refractivity contribution in [3.05, 3.63) is 17.6 Å². The molecule has 24 heavy (non-hydrogen) atoms. The van der Waals surface area contributed by atoms with E-state index < -0.39 is 0 Å². The minimum atomic E-state index is 0.745. The molecule has 0 saturated carbocycles. The fraction of sp³-hybridized carbons (Fsp3) is 0.722. The second-order valence-corrected chi connectivity index (χ2v) is 7.68. The van der Waals surface area contributed by atoms with Gasteiger partial charge < -0.3 is 9.80 Å². The lowest BCUT2D eigenvalue weighted by molar-refractivity contribution is 0.170. The predicted molar refractivity (Wildman–Crippen MR) is 97.5 cm³/mol. The molecule has 3 heterocycles. The molecule has 6 heteroatoms. The zero-order chi connectivity index (χ0) is 17.3. The second kappa shape index (κ2) is 7.05. The largest absolute Gasteiger partial charge is 0.371 e. The predicted octanol–water partition coefficient (Wildman–Crippen LogP) is 2.55. The Hall–Kier alpha value is -1.69. The molecule has 3 rings (SSSR count). The molecule has 2 aromatic rings. The SMILES string of the molecule is Cc1nn2cnnc2c(N(C)CC2CCN(CC(C)C)CC2)c1C. The lowest BCUT2D eigenvalue weighted by atomic mass is 9.95. The molecule has 132 valence electrons. The molecule has 0 radical (unpaired) electrons. The number of aryl methyl sites for hydroxylation is 1. The Labute approximate surface area is 144 Å². The first kappa shape index (κ1) is 17.1. The van der Waals surface area contributed by atoms with Gasteiger partial charge >= 0.3 is 0 Å². The lowest BCUT2D eigenvalue weighted by Crippen LogP contribution is -2.39. The average molecular weight is 330 g/mol. The third kappa shape index (κ3) is 3.53. The first-order chi connectivity index (χ1) is 11.5. The van der Waals surface area contributed by atoms with Gasteiger partial charge in [0, 0.05) is 20.1 Å². The van der Waals surface area contributed by atoms with Crippen molar-refractivity contribution in [3.63, 3.8) is 0 Å². The number of likely N-dealkylation sites (tertiary alicyclic amines) is 1. The van der Waals surface area contributed by atoms with Crippen molar-refractivity contribution in [1.82, 2.24) is 24.7 Å². The summed E-state index contributed by atoms with van der Waals surface area (Å²) in [6, 6.07) is 0. The van der Waals surface area contributed by atoms with Gasteiger partial charge in [-0.15, -0.1) is 10.2 Å². The Morgan fingerprint density at radius 3 is 2.62 bits per heavy atom. The number of hydrogen-bond donors (Lipinski definition) is 0. The van der Waals surface area contributed by atoms with E-state index in [0.717, 1.165) is 29.7 Å². The van der Waals surface area contributed by atoms with Crippen LogP contribution in [-0.4, -0.2) is 57.9 Å². The third-order valence-corrected chi connectivity index (χ3v) is 5.14. The number of rotatable bonds is 5. The molecule has 1 aliphatic heterocycles. The number of anilines is 1. The molecule has 1 fully saturated rings. The Balaban J connectivity index is 1.69. The van der Waals surface area contributed by atoms with Gasteiger partial charge in [-0.3, -0.25) is 0 Å². The van der Waals surface area contributed by atoms with E-state index in [2.05, 4.69) is 59.8 Å². The van der Waals surface area contributed by atoms with E-state index in [0.29, 0.717) is 0 Å². The fourth-order valence-corrected chi connectivity index (χ4v) is 3.84. The zero-order valence-electron chi connectivity index (χ0n) is 15.7. The van der Waals surface area contributed by atoms with Crippen molar-refractivity contribution in [3.8, 4) is 0 Å². The summed E-state index contributed by atoms with van der Waals surface area (Å²) < 4.78 is 1.79. The van der Waals surface area contributed by atoms with E-state index in [1.807, 2.05) is 0 Å². The monoisotopic (exact) mass is 330 g/mol. The molecule has 0 aromatic carbocycles. The van der Waals surface area contributed by atoms with E-state index in [1.54, 1.807) is 10.8 Å². The highest BCUT2D eigenvalue weighted by Crippen LogP contribution is 2.27. The molecular weight excluding hydrogens is 300 g/mol. The molecule has 0 N–H and O–H groups in total. The molecule has 0 amide bonds. The molecular formula is C18H30N6. The summed E-state index contributed by atoms with van der Waals surface area (Å²) in [5.74, 6) is 1.50. The van der Waals surface area contributed by atoms with E-state index in [1.165, 1.54) is 43.7 Å². The lowest BCUT2D eigenvalue weighted by Gasteiger charge is -2.35. The van der Waals surface area contributed by atoms with Crippen LogP contribution in [0.25, 0.3) is 5.65 Å². The molecule has 0 atom stereocenters. The van der Waals surface area contributed by atoms with E-state index in [4.69, 9.17) is 0 Å². The average Bonchev–Trinajstić information content (AvgIpc) is 2.97. The summed E-state index contributed by atoms with van der Waals surface area (Å²) in [7, 11) is 2.18. The Morgan fingerprint density at radius 2 is 1.96 bits per heavy atom. The maximum Gasteiger partial charge on any atom is 0.201 e. The minimum absolute atomic E-state index is 0.745. The first-order valence-electron chi connectivity index (χ1n) is 9.06. The van der Waals surface area contributed by atoms with Crippen LogP contribution in [0.3, 0.4) is 0 Å². The number of piperidine rings is 1. The van der Waals surface area contributed by atoms with Gasteiger partial charge in [-0.1, -0.05) is 13.8 Å². The van der Waals surface area contributed by atoms with E-state index in [9.17, 15) is 0 Å². The van der Waals surface area contributed by atoms with Crippen LogP contribution in [0.2, 0.25) is 0 Å². The summed E-state index contributed by atoms with van der Waals surface area (Å²) >= 11 is 0. The standard InChI is InChI=1S/C18H30N6/c1-13(2)10-23-8-6-16(7-9-23)11-22(5)17-14(3)15(4)21-24-12-19-20-18(17)24/h12-13,16H,6-11H2,1-5H3.